The summed E-state index contributed by atoms with van der Waals surface area (Å²) in [5, 5.41) is 3.34. The molecule has 1 saturated heterocycles. The van der Waals surface area contributed by atoms with E-state index in [-0.39, 0.29) is 5.56 Å². The van der Waals surface area contributed by atoms with Crippen LogP contribution in [0.2, 0.25) is 0 Å². The molecule has 2 aromatic heterocycles. The molecule has 3 heterocycles. The zero-order valence-corrected chi connectivity index (χ0v) is 12.8. The average molecular weight is 306 g/mol. The predicted octanol–water partition coefficient (Wildman–Crippen LogP) is 1.77. The third-order valence-electron chi connectivity index (χ3n) is 4.20. The molecule has 3 aromatic rings. The van der Waals surface area contributed by atoms with Crippen LogP contribution in [-0.2, 0) is 0 Å². The third kappa shape index (κ3) is 2.71. The molecule has 4 rings (SSSR count). The van der Waals surface area contributed by atoms with Crippen molar-refractivity contribution in [2.75, 3.05) is 31.1 Å². The van der Waals surface area contributed by atoms with Gasteiger partial charge in [-0.1, -0.05) is 30.3 Å². The van der Waals surface area contributed by atoms with Gasteiger partial charge in [-0.2, -0.15) is 0 Å². The topological polar surface area (TPSA) is 49.6 Å². The molecule has 1 fully saturated rings. The molecule has 0 aliphatic carbocycles. The summed E-state index contributed by atoms with van der Waals surface area (Å²) in [5.74, 6) is 0. The monoisotopic (exact) mass is 306 g/mol. The minimum atomic E-state index is -0.0502. The lowest BCUT2D eigenvalue weighted by atomic mass is 10.1. The van der Waals surface area contributed by atoms with Crippen LogP contribution >= 0.6 is 0 Å². The van der Waals surface area contributed by atoms with E-state index in [4.69, 9.17) is 0 Å². The molecular formula is C18H18N4O. The standard InChI is InChI=1S/C18H18N4O/c23-18-12-16(14-4-2-1-3-5-14)20-17-7-6-15(13-22(17)18)21-10-8-19-9-11-21/h1-7,12-13,19H,8-11H2. The number of hydrogen-bond donors (Lipinski definition) is 1. The normalized spacial score (nSPS) is 15.0. The van der Waals surface area contributed by atoms with Crippen LogP contribution in [-0.4, -0.2) is 35.6 Å². The Morgan fingerprint density at radius 3 is 2.57 bits per heavy atom. The van der Waals surface area contributed by atoms with Crippen LogP contribution in [0.25, 0.3) is 16.9 Å². The van der Waals surface area contributed by atoms with Gasteiger partial charge < -0.3 is 10.2 Å². The van der Waals surface area contributed by atoms with Crippen LogP contribution < -0.4 is 15.8 Å². The fourth-order valence-corrected chi connectivity index (χ4v) is 2.96. The smallest absolute Gasteiger partial charge is 0.258 e. The van der Waals surface area contributed by atoms with E-state index in [0.29, 0.717) is 11.3 Å². The van der Waals surface area contributed by atoms with Crippen molar-refractivity contribution in [1.82, 2.24) is 14.7 Å². The Morgan fingerprint density at radius 1 is 1.00 bits per heavy atom. The van der Waals surface area contributed by atoms with E-state index < -0.39 is 0 Å². The van der Waals surface area contributed by atoms with Gasteiger partial charge in [-0.05, 0) is 12.1 Å². The summed E-state index contributed by atoms with van der Waals surface area (Å²) in [5.41, 5.74) is 3.36. The molecule has 0 spiro atoms. The van der Waals surface area contributed by atoms with Crippen molar-refractivity contribution < 1.29 is 0 Å². The summed E-state index contributed by atoms with van der Waals surface area (Å²) >= 11 is 0. The second kappa shape index (κ2) is 5.85. The Kier molecular flexibility index (Phi) is 3.55. The quantitative estimate of drug-likeness (QED) is 0.784. The Bertz CT molecular complexity index is 882. The number of rotatable bonds is 2. The Hall–Kier alpha value is -2.66. The summed E-state index contributed by atoms with van der Waals surface area (Å²) in [6.07, 6.45) is 1.89. The van der Waals surface area contributed by atoms with E-state index >= 15 is 0 Å². The largest absolute Gasteiger partial charge is 0.368 e. The second-order valence-corrected chi connectivity index (χ2v) is 5.70. The molecule has 116 valence electrons. The summed E-state index contributed by atoms with van der Waals surface area (Å²) in [6, 6.07) is 15.4. The SMILES string of the molecule is O=c1cc(-c2ccccc2)nc2ccc(N3CCNCC3)cn12. The van der Waals surface area contributed by atoms with E-state index in [1.807, 2.05) is 48.7 Å². The predicted molar refractivity (Wildman–Crippen MR) is 92.0 cm³/mol. The molecule has 0 atom stereocenters. The van der Waals surface area contributed by atoms with Gasteiger partial charge in [0.1, 0.15) is 5.65 Å². The van der Waals surface area contributed by atoms with Gasteiger partial charge in [0.2, 0.25) is 0 Å². The highest BCUT2D eigenvalue weighted by atomic mass is 16.1. The van der Waals surface area contributed by atoms with Crippen molar-refractivity contribution in [3.63, 3.8) is 0 Å². The van der Waals surface area contributed by atoms with E-state index in [2.05, 4.69) is 15.2 Å². The van der Waals surface area contributed by atoms with Gasteiger partial charge in [0.15, 0.2) is 0 Å². The molecular weight excluding hydrogens is 288 g/mol. The number of aromatic nitrogens is 2. The highest BCUT2D eigenvalue weighted by Crippen LogP contribution is 2.18. The van der Waals surface area contributed by atoms with Crippen LogP contribution in [0.3, 0.4) is 0 Å². The van der Waals surface area contributed by atoms with Crippen LogP contribution in [0.1, 0.15) is 0 Å². The van der Waals surface area contributed by atoms with E-state index in [9.17, 15) is 4.79 Å². The first-order chi connectivity index (χ1) is 11.3. The molecule has 23 heavy (non-hydrogen) atoms. The number of piperazine rings is 1. The number of benzene rings is 1. The maximum Gasteiger partial charge on any atom is 0.258 e. The fourth-order valence-electron chi connectivity index (χ4n) is 2.96. The molecule has 0 amide bonds. The van der Waals surface area contributed by atoms with Gasteiger partial charge in [-0.15, -0.1) is 0 Å². The lowest BCUT2D eigenvalue weighted by Gasteiger charge is -2.29. The first-order valence-electron chi connectivity index (χ1n) is 7.86. The Balaban J connectivity index is 1.78. The third-order valence-corrected chi connectivity index (χ3v) is 4.20. The molecule has 0 saturated carbocycles. The van der Waals surface area contributed by atoms with Crippen LogP contribution in [0.4, 0.5) is 5.69 Å². The lowest BCUT2D eigenvalue weighted by Crippen LogP contribution is -2.43. The number of fused-ring (bicyclic) bond motifs is 1. The lowest BCUT2D eigenvalue weighted by molar-refractivity contribution is 0.588. The van der Waals surface area contributed by atoms with Crippen molar-refractivity contribution in [3.05, 3.63) is 65.1 Å². The molecule has 1 aliphatic heterocycles. The van der Waals surface area contributed by atoms with Crippen LogP contribution in [0, 0.1) is 0 Å². The van der Waals surface area contributed by atoms with Gasteiger partial charge in [0.25, 0.3) is 5.56 Å². The molecule has 5 nitrogen and oxygen atoms in total. The summed E-state index contributed by atoms with van der Waals surface area (Å²) in [7, 11) is 0. The zero-order valence-electron chi connectivity index (χ0n) is 12.8. The number of pyridine rings is 1. The molecule has 0 bridgehead atoms. The minimum absolute atomic E-state index is 0.0502. The Morgan fingerprint density at radius 2 is 1.78 bits per heavy atom. The molecule has 1 N–H and O–H groups in total. The van der Waals surface area contributed by atoms with Gasteiger partial charge in [0, 0.05) is 44.0 Å². The van der Waals surface area contributed by atoms with Gasteiger partial charge >= 0.3 is 0 Å². The number of hydrogen-bond acceptors (Lipinski definition) is 4. The van der Waals surface area contributed by atoms with Gasteiger partial charge in [0.05, 0.1) is 11.4 Å². The summed E-state index contributed by atoms with van der Waals surface area (Å²) in [6.45, 7) is 3.85. The van der Waals surface area contributed by atoms with E-state index in [1.54, 1.807) is 10.5 Å². The van der Waals surface area contributed by atoms with Crippen LogP contribution in [0.5, 0.6) is 0 Å². The Labute approximate surface area is 134 Å². The van der Waals surface area contributed by atoms with Crippen molar-refractivity contribution >= 4 is 11.3 Å². The molecule has 1 aliphatic rings. The first kappa shape index (κ1) is 14.0. The van der Waals surface area contributed by atoms with Crippen molar-refractivity contribution in [2.24, 2.45) is 0 Å². The van der Waals surface area contributed by atoms with Crippen LogP contribution in [0.15, 0.2) is 59.5 Å². The molecule has 0 radical (unpaired) electrons. The van der Waals surface area contributed by atoms with Gasteiger partial charge in [-0.25, -0.2) is 4.98 Å². The molecule has 1 aromatic carbocycles. The van der Waals surface area contributed by atoms with E-state index in [0.717, 1.165) is 37.4 Å². The molecule has 5 heteroatoms. The number of nitrogens with zero attached hydrogens (tertiary/aromatic N) is 3. The number of nitrogens with one attached hydrogen (secondary N) is 1. The highest BCUT2D eigenvalue weighted by molar-refractivity contribution is 5.62. The zero-order chi connectivity index (χ0) is 15.6. The fraction of sp³-hybridized carbons (Fsp3) is 0.222. The maximum atomic E-state index is 12.5. The van der Waals surface area contributed by atoms with E-state index in [1.165, 1.54) is 0 Å². The number of anilines is 1. The van der Waals surface area contributed by atoms with Gasteiger partial charge in [-0.3, -0.25) is 9.20 Å². The minimum Gasteiger partial charge on any atom is -0.368 e. The first-order valence-corrected chi connectivity index (χ1v) is 7.86. The van der Waals surface area contributed by atoms with Crippen molar-refractivity contribution in [3.8, 4) is 11.3 Å². The summed E-state index contributed by atoms with van der Waals surface area (Å²) < 4.78 is 1.63. The van der Waals surface area contributed by atoms with Crippen molar-refractivity contribution in [2.45, 2.75) is 0 Å². The average Bonchev–Trinajstić information content (AvgIpc) is 2.63. The maximum absolute atomic E-state index is 12.5. The molecule has 0 unspecified atom stereocenters. The second-order valence-electron chi connectivity index (χ2n) is 5.70. The summed E-state index contributed by atoms with van der Waals surface area (Å²) in [4.78, 5) is 19.4. The highest BCUT2D eigenvalue weighted by Gasteiger charge is 2.12. The van der Waals surface area contributed by atoms with Crippen molar-refractivity contribution in [1.29, 1.82) is 0 Å².